The van der Waals surface area contributed by atoms with E-state index in [-0.39, 0.29) is 29.3 Å². The van der Waals surface area contributed by atoms with Crippen molar-refractivity contribution in [1.82, 2.24) is 25.4 Å². The van der Waals surface area contributed by atoms with Gasteiger partial charge < -0.3 is 15.5 Å². The molecule has 3 heterocycles. The van der Waals surface area contributed by atoms with Crippen LogP contribution in [0.3, 0.4) is 0 Å². The molecule has 2 amide bonds. The summed E-state index contributed by atoms with van der Waals surface area (Å²) < 4.78 is 103. The van der Waals surface area contributed by atoms with E-state index in [2.05, 4.69) is 27.6 Å². The van der Waals surface area contributed by atoms with Crippen LogP contribution in [-0.4, -0.2) is 40.7 Å². The van der Waals surface area contributed by atoms with Gasteiger partial charge >= 0.3 is 6.18 Å². The lowest BCUT2D eigenvalue weighted by atomic mass is 9.93. The number of fused-ring (bicyclic) bond motifs is 4. The highest BCUT2D eigenvalue weighted by molar-refractivity contribution is 5.99. The molecule has 3 aliphatic rings. The van der Waals surface area contributed by atoms with Gasteiger partial charge in [-0.1, -0.05) is 25.0 Å². The van der Waals surface area contributed by atoms with E-state index in [9.17, 15) is 31.5 Å². The lowest BCUT2D eigenvalue weighted by Crippen LogP contribution is -2.35. The second-order valence-corrected chi connectivity index (χ2v) is 14.8. The van der Waals surface area contributed by atoms with Crippen LogP contribution in [0, 0.1) is 35.3 Å². The third kappa shape index (κ3) is 6.98. The number of pyridine rings is 1. The number of carbonyl (C=O) groups is 2. The zero-order valence-corrected chi connectivity index (χ0v) is 30.6. The van der Waals surface area contributed by atoms with Gasteiger partial charge in [0.1, 0.15) is 29.6 Å². The molecule has 2 aromatic heterocycles. The molecule has 8 rings (SSSR count). The maximum absolute atomic E-state index is 15.6. The van der Waals surface area contributed by atoms with Gasteiger partial charge in [0.25, 0.3) is 11.8 Å². The summed E-state index contributed by atoms with van der Waals surface area (Å²) in [7, 11) is 3.79. The summed E-state index contributed by atoms with van der Waals surface area (Å²) in [6.45, 7) is 0.750. The first-order valence-electron chi connectivity index (χ1n) is 18.0. The zero-order valence-electron chi connectivity index (χ0n) is 30.6. The van der Waals surface area contributed by atoms with E-state index >= 15 is 8.78 Å². The van der Waals surface area contributed by atoms with E-state index in [1.54, 1.807) is 30.3 Å². The van der Waals surface area contributed by atoms with E-state index in [1.807, 2.05) is 43.3 Å². The molecule has 0 unspecified atom stereocenters. The Hall–Kier alpha value is -6.17. The second-order valence-electron chi connectivity index (χ2n) is 14.8. The molecule has 2 N–H and O–H groups in total. The summed E-state index contributed by atoms with van der Waals surface area (Å²) in [6, 6.07) is 17.3. The van der Waals surface area contributed by atoms with E-state index < -0.39 is 76.9 Å². The molecule has 0 spiro atoms. The lowest BCUT2D eigenvalue weighted by molar-refractivity contribution is -0.142. The van der Waals surface area contributed by atoms with Crippen molar-refractivity contribution >= 4 is 17.5 Å². The van der Waals surface area contributed by atoms with Crippen molar-refractivity contribution < 1.29 is 40.3 Å². The number of halogens is 7. The minimum absolute atomic E-state index is 0.0799. The third-order valence-corrected chi connectivity index (χ3v) is 10.8. The van der Waals surface area contributed by atoms with Crippen LogP contribution in [0.1, 0.15) is 74.3 Å². The fourth-order valence-corrected chi connectivity index (χ4v) is 8.06. The first-order valence-corrected chi connectivity index (χ1v) is 18.0. The van der Waals surface area contributed by atoms with Crippen molar-refractivity contribution in [3.05, 3.63) is 135 Å². The van der Waals surface area contributed by atoms with E-state index in [4.69, 9.17) is 4.98 Å². The Morgan fingerprint density at radius 1 is 1.00 bits per heavy atom. The minimum Gasteiger partial charge on any atom is -0.378 e. The Morgan fingerprint density at radius 3 is 2.40 bits per heavy atom. The van der Waals surface area contributed by atoms with Crippen LogP contribution < -0.4 is 15.5 Å². The molecule has 4 atom stereocenters. The lowest BCUT2D eigenvalue weighted by Gasteiger charge is -2.23. The number of rotatable bonds is 8. The fourth-order valence-electron chi connectivity index (χ4n) is 8.06. The first-order chi connectivity index (χ1) is 27.0. The quantitative estimate of drug-likeness (QED) is 0.126. The number of amides is 2. The van der Waals surface area contributed by atoms with Crippen LogP contribution in [0.15, 0.2) is 72.8 Å². The summed E-state index contributed by atoms with van der Waals surface area (Å²) in [4.78, 5) is 33.3. The zero-order chi connectivity index (χ0) is 40.6. The number of benzene rings is 3. The topological polar surface area (TPSA) is 92.2 Å². The molecule has 292 valence electrons. The Bertz CT molecular complexity index is 2500. The van der Waals surface area contributed by atoms with E-state index in [1.165, 1.54) is 6.92 Å². The predicted molar refractivity (Wildman–Crippen MR) is 195 cm³/mol. The number of carbonyl (C=O) groups excluding carboxylic acids is 2. The summed E-state index contributed by atoms with van der Waals surface area (Å²) >= 11 is 0. The third-order valence-electron chi connectivity index (χ3n) is 10.8. The van der Waals surface area contributed by atoms with Crippen LogP contribution in [0.5, 0.6) is 0 Å². The van der Waals surface area contributed by atoms with Crippen molar-refractivity contribution in [2.45, 2.75) is 50.5 Å². The molecule has 5 aromatic rings. The molecule has 1 fully saturated rings. The Labute approximate surface area is 322 Å². The van der Waals surface area contributed by atoms with Crippen molar-refractivity contribution in [3.63, 3.8) is 0 Å². The SMILES string of the molecule is C[C@@H]1[C@@H]2c3c(C(F)(F)F)nn(CC(=O)N[C@@H](Cc4cc(F)cc(F)c4)c4nc(C#Cc5ccc(N(C)C)cc5)ccc4-c4ccc5c(c4)C(=O)NC5)c3C(F)(F)[C@H]12. The highest BCUT2D eigenvalue weighted by Crippen LogP contribution is 2.71. The summed E-state index contributed by atoms with van der Waals surface area (Å²) in [5.41, 5.74) is 1.06. The minimum atomic E-state index is -5.05. The van der Waals surface area contributed by atoms with Gasteiger partial charge in [-0.15, -0.1) is 0 Å². The average Bonchev–Trinajstić information content (AvgIpc) is 3.37. The predicted octanol–water partition coefficient (Wildman–Crippen LogP) is 7.51. The van der Waals surface area contributed by atoms with E-state index in [0.717, 1.165) is 23.4 Å². The second kappa shape index (κ2) is 13.8. The molecule has 0 saturated heterocycles. The standard InChI is InChI=1S/C42H33F7N6O2/c1-21-34-35-38(42(47,48)49)53-55(39(35)41(45,46)36(21)34)20-33(56)52-32(16-23-14-26(43)18-27(44)15-23)37-30(24-7-8-25-19-50-40(57)31(25)17-24)13-10-28(51-37)9-4-22-5-11-29(12-6-22)54(2)3/h5-8,10-15,17-18,21,32,34,36H,16,19-20H2,1-3H3,(H,50,57)(H,52,56)/t21-,32+,34-,36-/m1/s1. The van der Waals surface area contributed by atoms with Crippen molar-refractivity contribution in [3.8, 4) is 23.0 Å². The molecule has 1 aliphatic heterocycles. The molecule has 15 heteroatoms. The Balaban J connectivity index is 1.21. The normalized spacial score (nSPS) is 19.1. The molecular weight excluding hydrogens is 753 g/mol. The van der Waals surface area contributed by atoms with Gasteiger partial charge in [-0.2, -0.15) is 27.1 Å². The molecule has 0 bridgehead atoms. The largest absolute Gasteiger partial charge is 0.435 e. The maximum atomic E-state index is 15.6. The van der Waals surface area contributed by atoms with Crippen LogP contribution in [0.25, 0.3) is 11.1 Å². The smallest absolute Gasteiger partial charge is 0.378 e. The van der Waals surface area contributed by atoms with Crippen LogP contribution in [-0.2, 0) is 36.4 Å². The maximum Gasteiger partial charge on any atom is 0.435 e. The average molecular weight is 787 g/mol. The summed E-state index contributed by atoms with van der Waals surface area (Å²) in [6.07, 6.45) is -5.35. The molecule has 1 saturated carbocycles. The van der Waals surface area contributed by atoms with Crippen LogP contribution >= 0.6 is 0 Å². The molecular formula is C42H33F7N6O2. The fraction of sp³-hybridized carbons (Fsp3) is 0.286. The van der Waals surface area contributed by atoms with Gasteiger partial charge in [0, 0.05) is 66.5 Å². The highest BCUT2D eigenvalue weighted by Gasteiger charge is 2.72. The van der Waals surface area contributed by atoms with Gasteiger partial charge in [-0.05, 0) is 89.5 Å². The van der Waals surface area contributed by atoms with Crippen molar-refractivity contribution in [2.75, 3.05) is 19.0 Å². The van der Waals surface area contributed by atoms with Crippen LogP contribution in [0.4, 0.5) is 36.4 Å². The Kier molecular flexibility index (Phi) is 9.13. The number of alkyl halides is 5. The summed E-state index contributed by atoms with van der Waals surface area (Å²) in [5.74, 6) is -3.84. The number of hydrogen-bond acceptors (Lipinski definition) is 5. The monoisotopic (exact) mass is 786 g/mol. The molecule has 8 nitrogen and oxygen atoms in total. The van der Waals surface area contributed by atoms with Gasteiger partial charge in [0.15, 0.2) is 5.69 Å². The van der Waals surface area contributed by atoms with Gasteiger partial charge in [0.2, 0.25) is 5.91 Å². The number of hydrogen-bond donors (Lipinski definition) is 2. The van der Waals surface area contributed by atoms with E-state index in [0.29, 0.717) is 39.5 Å². The van der Waals surface area contributed by atoms with Crippen molar-refractivity contribution in [2.24, 2.45) is 11.8 Å². The molecule has 57 heavy (non-hydrogen) atoms. The number of nitrogens with zero attached hydrogens (tertiary/aromatic N) is 4. The molecule has 3 aromatic carbocycles. The van der Waals surface area contributed by atoms with Gasteiger partial charge in [-0.25, -0.2) is 13.8 Å². The molecule has 0 radical (unpaired) electrons. The van der Waals surface area contributed by atoms with Crippen molar-refractivity contribution in [1.29, 1.82) is 0 Å². The summed E-state index contributed by atoms with van der Waals surface area (Å²) in [5, 5.41) is 8.94. The number of aromatic nitrogens is 3. The first kappa shape index (κ1) is 37.7. The molecule has 2 aliphatic carbocycles. The highest BCUT2D eigenvalue weighted by atomic mass is 19.4. The number of anilines is 1. The Morgan fingerprint density at radius 2 is 1.72 bits per heavy atom. The number of nitrogens with one attached hydrogen (secondary N) is 2. The van der Waals surface area contributed by atoms with Gasteiger partial charge in [-0.3, -0.25) is 14.3 Å². The van der Waals surface area contributed by atoms with Crippen LogP contribution in [0.2, 0.25) is 0 Å². The van der Waals surface area contributed by atoms with Gasteiger partial charge in [0.05, 0.1) is 11.7 Å².